The standard InChI is InChI=1S/C9H15NS/c1-7(2)8-6-11-9-4-3-5-10(8)9/h4,7-8H,3,5-6H2,1-2H3. The van der Waals surface area contributed by atoms with Crippen LogP contribution in [0.1, 0.15) is 20.3 Å². The van der Waals surface area contributed by atoms with Crippen LogP contribution in [0.25, 0.3) is 0 Å². The summed E-state index contributed by atoms with van der Waals surface area (Å²) in [6.45, 7) is 5.92. The second-order valence-electron chi connectivity index (χ2n) is 3.65. The van der Waals surface area contributed by atoms with Crippen molar-refractivity contribution in [1.82, 2.24) is 4.90 Å². The fourth-order valence-electron chi connectivity index (χ4n) is 1.84. The van der Waals surface area contributed by atoms with Gasteiger partial charge in [0.1, 0.15) is 0 Å². The molecule has 2 heteroatoms. The third-order valence-corrected chi connectivity index (χ3v) is 3.75. The van der Waals surface area contributed by atoms with Crippen LogP contribution >= 0.6 is 11.8 Å². The second-order valence-corrected chi connectivity index (χ2v) is 4.69. The van der Waals surface area contributed by atoms with E-state index in [4.69, 9.17) is 0 Å². The van der Waals surface area contributed by atoms with Gasteiger partial charge in [0.25, 0.3) is 0 Å². The van der Waals surface area contributed by atoms with Crippen molar-refractivity contribution in [2.24, 2.45) is 5.92 Å². The van der Waals surface area contributed by atoms with Crippen LogP contribution in [0.3, 0.4) is 0 Å². The molecule has 1 atom stereocenters. The van der Waals surface area contributed by atoms with Gasteiger partial charge in [0, 0.05) is 18.3 Å². The molecule has 62 valence electrons. The third-order valence-electron chi connectivity index (χ3n) is 2.54. The molecule has 1 saturated heterocycles. The first-order chi connectivity index (χ1) is 5.29. The van der Waals surface area contributed by atoms with Gasteiger partial charge in [-0.3, -0.25) is 0 Å². The zero-order valence-corrected chi connectivity index (χ0v) is 8.03. The van der Waals surface area contributed by atoms with Crippen molar-refractivity contribution in [3.8, 4) is 0 Å². The topological polar surface area (TPSA) is 3.24 Å². The SMILES string of the molecule is CC(C)C1CSC2=CCCN21. The summed E-state index contributed by atoms with van der Waals surface area (Å²) in [5.41, 5.74) is 0. The number of fused-ring (bicyclic) bond motifs is 1. The highest BCUT2D eigenvalue weighted by Crippen LogP contribution is 2.38. The highest BCUT2D eigenvalue weighted by Gasteiger charge is 2.32. The predicted molar refractivity (Wildman–Crippen MR) is 50.5 cm³/mol. The Balaban J connectivity index is 2.11. The quantitative estimate of drug-likeness (QED) is 0.592. The van der Waals surface area contributed by atoms with Gasteiger partial charge < -0.3 is 4.90 Å². The minimum Gasteiger partial charge on any atom is -0.362 e. The van der Waals surface area contributed by atoms with Crippen molar-refractivity contribution in [2.45, 2.75) is 26.3 Å². The second kappa shape index (κ2) is 2.74. The predicted octanol–water partition coefficient (Wildman–Crippen LogP) is 2.30. The molecule has 0 saturated carbocycles. The average molecular weight is 169 g/mol. The summed E-state index contributed by atoms with van der Waals surface area (Å²) in [4.78, 5) is 2.58. The Hall–Kier alpha value is -0.110. The summed E-state index contributed by atoms with van der Waals surface area (Å²) in [5, 5.41) is 1.55. The van der Waals surface area contributed by atoms with E-state index in [1.54, 1.807) is 5.03 Å². The lowest BCUT2D eigenvalue weighted by Crippen LogP contribution is -2.32. The minimum atomic E-state index is 0.812. The average Bonchev–Trinajstić information content (AvgIpc) is 2.41. The first-order valence-electron chi connectivity index (χ1n) is 4.38. The maximum Gasteiger partial charge on any atom is 0.0671 e. The fraction of sp³-hybridized carbons (Fsp3) is 0.778. The van der Waals surface area contributed by atoms with E-state index in [1.165, 1.54) is 18.7 Å². The van der Waals surface area contributed by atoms with Crippen molar-refractivity contribution in [3.05, 3.63) is 11.1 Å². The maximum absolute atomic E-state index is 2.58. The molecule has 2 aliphatic heterocycles. The third kappa shape index (κ3) is 1.18. The summed E-state index contributed by atoms with van der Waals surface area (Å²) >= 11 is 2.04. The molecule has 1 unspecified atom stereocenters. The normalized spacial score (nSPS) is 29.5. The van der Waals surface area contributed by atoms with Gasteiger partial charge in [-0.15, -0.1) is 11.8 Å². The lowest BCUT2D eigenvalue weighted by atomic mass is 10.1. The highest BCUT2D eigenvalue weighted by atomic mass is 32.2. The van der Waals surface area contributed by atoms with Gasteiger partial charge in [-0.25, -0.2) is 0 Å². The van der Waals surface area contributed by atoms with Gasteiger partial charge in [-0.05, 0) is 12.3 Å². The Morgan fingerprint density at radius 1 is 1.64 bits per heavy atom. The van der Waals surface area contributed by atoms with Crippen LogP contribution < -0.4 is 0 Å². The van der Waals surface area contributed by atoms with E-state index >= 15 is 0 Å². The maximum atomic E-state index is 2.58. The van der Waals surface area contributed by atoms with E-state index in [9.17, 15) is 0 Å². The molecule has 0 aromatic heterocycles. The molecule has 1 fully saturated rings. The minimum absolute atomic E-state index is 0.812. The number of thioether (sulfide) groups is 1. The van der Waals surface area contributed by atoms with E-state index in [0.29, 0.717) is 0 Å². The Morgan fingerprint density at radius 3 is 3.18 bits per heavy atom. The largest absolute Gasteiger partial charge is 0.362 e. The van der Waals surface area contributed by atoms with E-state index in [0.717, 1.165) is 12.0 Å². The van der Waals surface area contributed by atoms with Crippen molar-refractivity contribution >= 4 is 11.8 Å². The zero-order valence-electron chi connectivity index (χ0n) is 7.21. The number of nitrogens with zero attached hydrogens (tertiary/aromatic N) is 1. The van der Waals surface area contributed by atoms with Crippen LogP contribution in [0.2, 0.25) is 0 Å². The van der Waals surface area contributed by atoms with E-state index in [1.807, 2.05) is 11.8 Å². The molecular weight excluding hydrogens is 154 g/mol. The van der Waals surface area contributed by atoms with Gasteiger partial charge in [0.2, 0.25) is 0 Å². The molecule has 2 aliphatic rings. The van der Waals surface area contributed by atoms with Crippen molar-refractivity contribution in [1.29, 1.82) is 0 Å². The van der Waals surface area contributed by atoms with E-state index in [2.05, 4.69) is 24.8 Å². The van der Waals surface area contributed by atoms with Crippen LogP contribution in [0.15, 0.2) is 11.1 Å². The monoisotopic (exact) mass is 169 g/mol. The molecule has 0 spiro atoms. The van der Waals surface area contributed by atoms with E-state index < -0.39 is 0 Å². The summed E-state index contributed by atoms with van der Waals surface area (Å²) in [5.74, 6) is 2.12. The first-order valence-corrected chi connectivity index (χ1v) is 5.37. The fourth-order valence-corrected chi connectivity index (χ4v) is 3.37. The van der Waals surface area contributed by atoms with Crippen molar-refractivity contribution in [2.75, 3.05) is 12.3 Å². The molecule has 0 N–H and O–H groups in total. The van der Waals surface area contributed by atoms with Crippen molar-refractivity contribution in [3.63, 3.8) is 0 Å². The summed E-state index contributed by atoms with van der Waals surface area (Å²) in [6, 6.07) is 0.814. The van der Waals surface area contributed by atoms with Crippen LogP contribution in [0.4, 0.5) is 0 Å². The van der Waals surface area contributed by atoms with E-state index in [-0.39, 0.29) is 0 Å². The summed E-state index contributed by atoms with van der Waals surface area (Å²) in [6.07, 6.45) is 3.65. The van der Waals surface area contributed by atoms with Gasteiger partial charge in [-0.1, -0.05) is 19.9 Å². The Labute approximate surface area is 72.8 Å². The van der Waals surface area contributed by atoms with Crippen LogP contribution in [0, 0.1) is 5.92 Å². The Kier molecular flexibility index (Phi) is 1.88. The summed E-state index contributed by atoms with van der Waals surface area (Å²) < 4.78 is 0. The Bertz CT molecular complexity index is 186. The first kappa shape index (κ1) is 7.53. The van der Waals surface area contributed by atoms with Gasteiger partial charge in [-0.2, -0.15) is 0 Å². The van der Waals surface area contributed by atoms with Crippen molar-refractivity contribution < 1.29 is 0 Å². The smallest absolute Gasteiger partial charge is 0.0671 e. The molecule has 0 aromatic carbocycles. The number of hydrogen-bond donors (Lipinski definition) is 0. The van der Waals surface area contributed by atoms with Crippen LogP contribution in [-0.4, -0.2) is 23.2 Å². The molecule has 2 rings (SSSR count). The van der Waals surface area contributed by atoms with Crippen LogP contribution in [0.5, 0.6) is 0 Å². The lowest BCUT2D eigenvalue weighted by molar-refractivity contribution is 0.264. The molecule has 0 aliphatic carbocycles. The molecule has 11 heavy (non-hydrogen) atoms. The molecular formula is C9H15NS. The van der Waals surface area contributed by atoms with Gasteiger partial charge in [0.15, 0.2) is 0 Å². The zero-order chi connectivity index (χ0) is 7.84. The highest BCUT2D eigenvalue weighted by molar-refractivity contribution is 8.03. The molecule has 0 bridgehead atoms. The van der Waals surface area contributed by atoms with Gasteiger partial charge >= 0.3 is 0 Å². The lowest BCUT2D eigenvalue weighted by Gasteiger charge is -2.25. The number of rotatable bonds is 1. The number of hydrogen-bond acceptors (Lipinski definition) is 2. The molecule has 0 amide bonds. The molecule has 2 heterocycles. The Morgan fingerprint density at radius 2 is 2.45 bits per heavy atom. The molecule has 1 nitrogen and oxygen atoms in total. The molecule has 0 aromatic rings. The van der Waals surface area contributed by atoms with Gasteiger partial charge in [0.05, 0.1) is 5.03 Å². The van der Waals surface area contributed by atoms with Crippen LogP contribution in [-0.2, 0) is 0 Å². The molecule has 0 radical (unpaired) electrons. The summed E-state index contributed by atoms with van der Waals surface area (Å²) in [7, 11) is 0.